The standard InChI is InChI=1S/C13H19N3O/c1-9(15-13(17)10-4-5-10)11-6-7-12(14-8-11)16(2)3/h6-10H,4-5H2,1-3H3,(H,15,17). The zero-order chi connectivity index (χ0) is 12.4. The maximum Gasteiger partial charge on any atom is 0.223 e. The molecule has 0 spiro atoms. The minimum Gasteiger partial charge on any atom is -0.363 e. The van der Waals surface area contributed by atoms with Crippen molar-refractivity contribution in [2.75, 3.05) is 19.0 Å². The lowest BCUT2D eigenvalue weighted by molar-refractivity contribution is -0.122. The maximum absolute atomic E-state index is 11.6. The molecule has 17 heavy (non-hydrogen) atoms. The maximum atomic E-state index is 11.6. The van der Waals surface area contributed by atoms with Crippen LogP contribution in [0.4, 0.5) is 5.82 Å². The molecule has 4 heteroatoms. The molecule has 1 aliphatic rings. The Morgan fingerprint density at radius 1 is 1.47 bits per heavy atom. The molecule has 0 radical (unpaired) electrons. The van der Waals surface area contributed by atoms with Gasteiger partial charge in [0.2, 0.25) is 5.91 Å². The third-order valence-electron chi connectivity index (χ3n) is 3.04. The Hall–Kier alpha value is -1.58. The van der Waals surface area contributed by atoms with Crippen molar-refractivity contribution in [1.29, 1.82) is 0 Å². The van der Waals surface area contributed by atoms with Gasteiger partial charge in [-0.2, -0.15) is 0 Å². The van der Waals surface area contributed by atoms with E-state index in [1.807, 2.05) is 44.2 Å². The van der Waals surface area contributed by atoms with Gasteiger partial charge in [-0.25, -0.2) is 4.98 Å². The lowest BCUT2D eigenvalue weighted by Gasteiger charge is -2.16. The fourth-order valence-corrected chi connectivity index (χ4v) is 1.68. The molecule has 0 bridgehead atoms. The Bertz CT molecular complexity index is 396. The fourth-order valence-electron chi connectivity index (χ4n) is 1.68. The van der Waals surface area contributed by atoms with Crippen LogP contribution in [-0.2, 0) is 4.79 Å². The van der Waals surface area contributed by atoms with Crippen molar-refractivity contribution in [1.82, 2.24) is 10.3 Å². The van der Waals surface area contributed by atoms with Crippen LogP contribution in [0.15, 0.2) is 18.3 Å². The lowest BCUT2D eigenvalue weighted by Crippen LogP contribution is -2.28. The average Bonchev–Trinajstić information content (AvgIpc) is 3.12. The van der Waals surface area contributed by atoms with Crippen molar-refractivity contribution in [3.05, 3.63) is 23.9 Å². The van der Waals surface area contributed by atoms with Gasteiger partial charge in [0.1, 0.15) is 5.82 Å². The van der Waals surface area contributed by atoms with Crippen molar-refractivity contribution in [2.24, 2.45) is 5.92 Å². The van der Waals surface area contributed by atoms with Gasteiger partial charge in [-0.3, -0.25) is 4.79 Å². The predicted octanol–water partition coefficient (Wildman–Crippen LogP) is 1.73. The highest BCUT2D eigenvalue weighted by Crippen LogP contribution is 2.29. The molecule has 0 aliphatic heterocycles. The molecule has 2 rings (SSSR count). The van der Waals surface area contributed by atoms with Crippen molar-refractivity contribution in [2.45, 2.75) is 25.8 Å². The number of hydrogen-bond donors (Lipinski definition) is 1. The highest BCUT2D eigenvalue weighted by atomic mass is 16.2. The van der Waals surface area contributed by atoms with E-state index < -0.39 is 0 Å². The third kappa shape index (κ3) is 2.96. The van der Waals surface area contributed by atoms with Gasteiger partial charge in [0.05, 0.1) is 6.04 Å². The second-order valence-electron chi connectivity index (χ2n) is 4.85. The number of rotatable bonds is 4. The number of carbonyl (C=O) groups excluding carboxylic acids is 1. The van der Waals surface area contributed by atoms with Crippen LogP contribution >= 0.6 is 0 Å². The number of hydrogen-bond acceptors (Lipinski definition) is 3. The van der Waals surface area contributed by atoms with Gasteiger partial charge < -0.3 is 10.2 Å². The average molecular weight is 233 g/mol. The number of pyridine rings is 1. The molecule has 1 aliphatic carbocycles. The first-order chi connectivity index (χ1) is 8.08. The highest BCUT2D eigenvalue weighted by molar-refractivity contribution is 5.81. The van der Waals surface area contributed by atoms with Crippen LogP contribution in [0.3, 0.4) is 0 Å². The molecule has 4 nitrogen and oxygen atoms in total. The Morgan fingerprint density at radius 2 is 2.18 bits per heavy atom. The SMILES string of the molecule is CC(NC(=O)C1CC1)c1ccc(N(C)C)nc1. The van der Waals surface area contributed by atoms with Crippen LogP contribution in [0.25, 0.3) is 0 Å². The fraction of sp³-hybridized carbons (Fsp3) is 0.538. The number of amides is 1. The first-order valence-electron chi connectivity index (χ1n) is 6.01. The minimum absolute atomic E-state index is 0.0341. The van der Waals surface area contributed by atoms with E-state index in [1.165, 1.54) is 0 Å². The molecule has 1 heterocycles. The summed E-state index contributed by atoms with van der Waals surface area (Å²) in [7, 11) is 3.92. The normalized spacial score (nSPS) is 16.4. The predicted molar refractivity (Wildman–Crippen MR) is 67.8 cm³/mol. The van der Waals surface area contributed by atoms with Gasteiger partial charge >= 0.3 is 0 Å². The summed E-state index contributed by atoms with van der Waals surface area (Å²) in [6.45, 7) is 1.99. The van der Waals surface area contributed by atoms with E-state index in [-0.39, 0.29) is 17.9 Å². The van der Waals surface area contributed by atoms with E-state index in [0.29, 0.717) is 0 Å². The third-order valence-corrected chi connectivity index (χ3v) is 3.04. The number of aromatic nitrogens is 1. The van der Waals surface area contributed by atoms with Gasteiger partial charge in [-0.15, -0.1) is 0 Å². The summed E-state index contributed by atoms with van der Waals surface area (Å²) in [5.74, 6) is 1.36. The number of nitrogens with one attached hydrogen (secondary N) is 1. The highest BCUT2D eigenvalue weighted by Gasteiger charge is 2.30. The molecule has 1 aromatic heterocycles. The number of carbonyl (C=O) groups is 1. The second-order valence-corrected chi connectivity index (χ2v) is 4.85. The molecular weight excluding hydrogens is 214 g/mol. The van der Waals surface area contributed by atoms with Crippen LogP contribution in [-0.4, -0.2) is 25.0 Å². The van der Waals surface area contributed by atoms with E-state index in [1.54, 1.807) is 0 Å². The number of nitrogens with zero attached hydrogens (tertiary/aromatic N) is 2. The summed E-state index contributed by atoms with van der Waals surface area (Å²) in [5.41, 5.74) is 1.05. The molecule has 1 amide bonds. The smallest absolute Gasteiger partial charge is 0.223 e. The van der Waals surface area contributed by atoms with Gasteiger partial charge in [-0.1, -0.05) is 6.07 Å². The molecule has 92 valence electrons. The molecule has 1 unspecified atom stereocenters. The van der Waals surface area contributed by atoms with Crippen molar-refractivity contribution in [3.63, 3.8) is 0 Å². The van der Waals surface area contributed by atoms with Crippen LogP contribution in [0.5, 0.6) is 0 Å². The topological polar surface area (TPSA) is 45.2 Å². The first-order valence-corrected chi connectivity index (χ1v) is 6.01. The van der Waals surface area contributed by atoms with E-state index in [2.05, 4.69) is 10.3 Å². The Balaban J connectivity index is 1.98. The van der Waals surface area contributed by atoms with E-state index in [4.69, 9.17) is 0 Å². The van der Waals surface area contributed by atoms with Gasteiger partial charge in [0.25, 0.3) is 0 Å². The van der Waals surface area contributed by atoms with Crippen molar-refractivity contribution >= 4 is 11.7 Å². The van der Waals surface area contributed by atoms with Gasteiger partial charge in [-0.05, 0) is 31.4 Å². The van der Waals surface area contributed by atoms with E-state index in [0.717, 1.165) is 24.2 Å². The van der Waals surface area contributed by atoms with Crippen LogP contribution in [0.2, 0.25) is 0 Å². The Kier molecular flexibility index (Phi) is 3.31. The zero-order valence-corrected chi connectivity index (χ0v) is 10.6. The van der Waals surface area contributed by atoms with Gasteiger partial charge in [0.15, 0.2) is 0 Å². The second kappa shape index (κ2) is 4.73. The summed E-state index contributed by atoms with van der Waals surface area (Å²) in [6, 6.07) is 4.02. The molecular formula is C13H19N3O. The summed E-state index contributed by atoms with van der Waals surface area (Å²) in [4.78, 5) is 17.9. The van der Waals surface area contributed by atoms with Crippen LogP contribution in [0, 0.1) is 5.92 Å². The molecule has 1 saturated carbocycles. The monoisotopic (exact) mass is 233 g/mol. The van der Waals surface area contributed by atoms with E-state index >= 15 is 0 Å². The quantitative estimate of drug-likeness (QED) is 0.861. The molecule has 1 fully saturated rings. The van der Waals surface area contributed by atoms with Crippen LogP contribution in [0.1, 0.15) is 31.4 Å². The Labute approximate surface area is 102 Å². The first kappa shape index (κ1) is 11.9. The largest absolute Gasteiger partial charge is 0.363 e. The van der Waals surface area contributed by atoms with E-state index in [9.17, 15) is 4.79 Å². The summed E-state index contributed by atoms with van der Waals surface area (Å²) >= 11 is 0. The van der Waals surface area contributed by atoms with Crippen LogP contribution < -0.4 is 10.2 Å². The van der Waals surface area contributed by atoms with Crippen molar-refractivity contribution in [3.8, 4) is 0 Å². The molecule has 0 saturated heterocycles. The summed E-state index contributed by atoms with van der Waals surface area (Å²) < 4.78 is 0. The van der Waals surface area contributed by atoms with Gasteiger partial charge in [0, 0.05) is 26.2 Å². The minimum atomic E-state index is 0.0341. The van der Waals surface area contributed by atoms with Crippen molar-refractivity contribution < 1.29 is 4.79 Å². The summed E-state index contributed by atoms with van der Waals surface area (Å²) in [5, 5.41) is 3.01. The zero-order valence-electron chi connectivity index (χ0n) is 10.6. The lowest BCUT2D eigenvalue weighted by atomic mass is 10.1. The summed E-state index contributed by atoms with van der Waals surface area (Å²) in [6.07, 6.45) is 3.90. The number of anilines is 1. The molecule has 1 aromatic rings. The molecule has 0 aromatic carbocycles. The Morgan fingerprint density at radius 3 is 2.65 bits per heavy atom. The molecule has 1 atom stereocenters. The molecule has 1 N–H and O–H groups in total.